The average Bonchev–Trinajstić information content (AvgIpc) is 2.98. The van der Waals surface area contributed by atoms with E-state index in [1.54, 1.807) is 6.92 Å². The Kier molecular flexibility index (Phi) is 2.60. The molecule has 0 radical (unpaired) electrons. The molecule has 0 spiro atoms. The van der Waals surface area contributed by atoms with Gasteiger partial charge in [-0.15, -0.1) is 11.3 Å². The van der Waals surface area contributed by atoms with Crippen molar-refractivity contribution in [2.45, 2.75) is 6.92 Å². The number of nitrogens with one attached hydrogen (secondary N) is 3. The van der Waals surface area contributed by atoms with Gasteiger partial charge >= 0.3 is 0 Å². The number of carbonyl (C=O) groups excluding carboxylic acids is 1. The molecule has 0 atom stereocenters. The van der Waals surface area contributed by atoms with Crippen molar-refractivity contribution in [3.05, 3.63) is 33.4 Å². The summed E-state index contributed by atoms with van der Waals surface area (Å²) in [6.45, 7) is 1.71. The van der Waals surface area contributed by atoms with Gasteiger partial charge in [-0.25, -0.2) is 10.1 Å². The Morgan fingerprint density at radius 1 is 1.42 bits per heavy atom. The van der Waals surface area contributed by atoms with Gasteiger partial charge in [-0.1, -0.05) is 0 Å². The summed E-state index contributed by atoms with van der Waals surface area (Å²) < 4.78 is 0. The lowest BCUT2D eigenvalue weighted by Crippen LogP contribution is -2.13. The Bertz CT molecular complexity index is 803. The summed E-state index contributed by atoms with van der Waals surface area (Å²) in [5.41, 5.74) is 0.351. The number of aromatic amines is 2. The van der Waals surface area contributed by atoms with Crippen LogP contribution in [0.4, 0.5) is 5.95 Å². The number of fused-ring (bicyclic) bond motifs is 1. The summed E-state index contributed by atoms with van der Waals surface area (Å²) >= 11 is 1.16. The van der Waals surface area contributed by atoms with E-state index < -0.39 is 0 Å². The Morgan fingerprint density at radius 2 is 2.26 bits per heavy atom. The molecule has 0 bridgehead atoms. The number of amides is 1. The molecule has 3 aromatic rings. The van der Waals surface area contributed by atoms with Crippen LogP contribution in [0.1, 0.15) is 15.2 Å². The largest absolute Gasteiger partial charge is 0.313 e. The Morgan fingerprint density at radius 3 is 2.95 bits per heavy atom. The fourth-order valence-electron chi connectivity index (χ4n) is 1.72. The second-order valence-corrected chi connectivity index (χ2v) is 4.76. The SMILES string of the molecule is Cc1c(C(=O)Nc2ncn[nH]2)sc2nc[nH]c(=O)c12. The van der Waals surface area contributed by atoms with Crippen LogP contribution >= 0.6 is 11.3 Å². The summed E-state index contributed by atoms with van der Waals surface area (Å²) in [5, 5.41) is 9.17. The van der Waals surface area contributed by atoms with Crippen LogP contribution in [-0.2, 0) is 0 Å². The molecule has 96 valence electrons. The fraction of sp³-hybridized carbons (Fsp3) is 0.100. The highest BCUT2D eigenvalue weighted by Gasteiger charge is 2.18. The molecule has 8 nitrogen and oxygen atoms in total. The summed E-state index contributed by atoms with van der Waals surface area (Å²) in [5.74, 6) is -0.0969. The number of H-pyrrole nitrogens is 2. The Balaban J connectivity index is 2.06. The van der Waals surface area contributed by atoms with Gasteiger partial charge in [-0.05, 0) is 12.5 Å². The Labute approximate surface area is 109 Å². The van der Waals surface area contributed by atoms with Gasteiger partial charge in [0.2, 0.25) is 5.95 Å². The molecule has 0 fully saturated rings. The molecule has 0 aromatic carbocycles. The Hall–Kier alpha value is -2.55. The molecule has 0 saturated carbocycles. The molecule has 0 aliphatic carbocycles. The zero-order chi connectivity index (χ0) is 13.4. The first-order valence-electron chi connectivity index (χ1n) is 5.30. The molecular formula is C10H8N6O2S. The van der Waals surface area contributed by atoms with E-state index in [1.807, 2.05) is 0 Å². The second-order valence-electron chi connectivity index (χ2n) is 3.76. The van der Waals surface area contributed by atoms with Gasteiger partial charge in [-0.2, -0.15) is 10.1 Å². The number of aromatic nitrogens is 5. The number of anilines is 1. The van der Waals surface area contributed by atoms with Crippen molar-refractivity contribution < 1.29 is 4.79 Å². The molecule has 0 aliphatic rings. The number of thiophene rings is 1. The van der Waals surface area contributed by atoms with Gasteiger partial charge < -0.3 is 4.98 Å². The smallest absolute Gasteiger partial charge is 0.268 e. The monoisotopic (exact) mass is 276 g/mol. The lowest BCUT2D eigenvalue weighted by molar-refractivity contribution is 0.102. The van der Waals surface area contributed by atoms with Crippen LogP contribution in [0.25, 0.3) is 10.2 Å². The van der Waals surface area contributed by atoms with Gasteiger partial charge in [0, 0.05) is 0 Å². The van der Waals surface area contributed by atoms with Gasteiger partial charge in [-0.3, -0.25) is 14.9 Å². The van der Waals surface area contributed by atoms with Gasteiger partial charge in [0.25, 0.3) is 11.5 Å². The molecule has 19 heavy (non-hydrogen) atoms. The molecule has 3 heterocycles. The lowest BCUT2D eigenvalue weighted by Gasteiger charge is -1.99. The van der Waals surface area contributed by atoms with E-state index >= 15 is 0 Å². The summed E-state index contributed by atoms with van der Waals surface area (Å²) in [6, 6.07) is 0. The maximum Gasteiger partial charge on any atom is 0.268 e. The number of rotatable bonds is 2. The van der Waals surface area contributed by atoms with Crippen LogP contribution in [0.3, 0.4) is 0 Å². The maximum absolute atomic E-state index is 12.1. The zero-order valence-electron chi connectivity index (χ0n) is 9.72. The van der Waals surface area contributed by atoms with Gasteiger partial charge in [0.15, 0.2) is 0 Å². The minimum Gasteiger partial charge on any atom is -0.313 e. The minimum atomic E-state index is -0.350. The topological polar surface area (TPSA) is 116 Å². The first kappa shape index (κ1) is 11.5. The van der Waals surface area contributed by atoms with E-state index in [2.05, 4.69) is 30.5 Å². The van der Waals surface area contributed by atoms with Crippen LogP contribution in [-0.4, -0.2) is 31.1 Å². The highest BCUT2D eigenvalue weighted by atomic mass is 32.1. The van der Waals surface area contributed by atoms with Crippen LogP contribution in [0.5, 0.6) is 0 Å². The van der Waals surface area contributed by atoms with Crippen molar-refractivity contribution in [1.29, 1.82) is 0 Å². The normalized spacial score (nSPS) is 10.8. The van der Waals surface area contributed by atoms with Gasteiger partial charge in [0.05, 0.1) is 16.6 Å². The summed E-state index contributed by atoms with van der Waals surface area (Å²) in [6.07, 6.45) is 2.61. The lowest BCUT2D eigenvalue weighted by atomic mass is 10.2. The molecule has 0 unspecified atom stereocenters. The van der Waals surface area contributed by atoms with Crippen molar-refractivity contribution in [3.8, 4) is 0 Å². The zero-order valence-corrected chi connectivity index (χ0v) is 10.5. The molecular weight excluding hydrogens is 268 g/mol. The van der Waals surface area contributed by atoms with Crippen molar-refractivity contribution >= 4 is 33.4 Å². The van der Waals surface area contributed by atoms with Crippen LogP contribution in [0, 0.1) is 6.92 Å². The third-order valence-electron chi connectivity index (χ3n) is 2.59. The molecule has 3 rings (SSSR count). The van der Waals surface area contributed by atoms with E-state index in [9.17, 15) is 9.59 Å². The average molecular weight is 276 g/mol. The number of hydrogen-bond donors (Lipinski definition) is 3. The van der Waals surface area contributed by atoms with E-state index in [-0.39, 0.29) is 17.4 Å². The van der Waals surface area contributed by atoms with E-state index in [0.717, 1.165) is 11.3 Å². The van der Waals surface area contributed by atoms with Crippen molar-refractivity contribution in [2.75, 3.05) is 5.32 Å². The van der Waals surface area contributed by atoms with E-state index in [1.165, 1.54) is 12.7 Å². The van der Waals surface area contributed by atoms with Crippen molar-refractivity contribution in [2.24, 2.45) is 0 Å². The molecule has 3 N–H and O–H groups in total. The predicted octanol–water partition coefficient (Wildman–Crippen LogP) is 0.663. The van der Waals surface area contributed by atoms with Crippen molar-refractivity contribution in [1.82, 2.24) is 25.1 Å². The highest BCUT2D eigenvalue weighted by molar-refractivity contribution is 7.20. The molecule has 1 amide bonds. The van der Waals surface area contributed by atoms with Crippen LogP contribution in [0.15, 0.2) is 17.4 Å². The third kappa shape index (κ3) is 1.89. The number of hydrogen-bond acceptors (Lipinski definition) is 6. The van der Waals surface area contributed by atoms with Crippen molar-refractivity contribution in [3.63, 3.8) is 0 Å². The first-order valence-corrected chi connectivity index (χ1v) is 6.12. The first-order chi connectivity index (χ1) is 9.16. The number of carbonyl (C=O) groups is 1. The quantitative estimate of drug-likeness (QED) is 0.635. The molecule has 9 heteroatoms. The van der Waals surface area contributed by atoms with Gasteiger partial charge in [0.1, 0.15) is 11.2 Å². The second kappa shape index (κ2) is 4.28. The number of aryl methyl sites for hydroxylation is 1. The predicted molar refractivity (Wildman–Crippen MR) is 69.3 cm³/mol. The molecule has 0 saturated heterocycles. The molecule has 3 aromatic heterocycles. The van der Waals surface area contributed by atoms with Crippen LogP contribution in [0.2, 0.25) is 0 Å². The summed E-state index contributed by atoms with van der Waals surface area (Å²) in [7, 11) is 0. The van der Waals surface area contributed by atoms with Crippen LogP contribution < -0.4 is 10.9 Å². The summed E-state index contributed by atoms with van der Waals surface area (Å²) in [4.78, 5) is 35.1. The minimum absolute atomic E-state index is 0.252. The van der Waals surface area contributed by atoms with E-state index in [4.69, 9.17) is 0 Å². The maximum atomic E-state index is 12.1. The van der Waals surface area contributed by atoms with E-state index in [0.29, 0.717) is 20.7 Å². The fourth-order valence-corrected chi connectivity index (χ4v) is 2.77. The standard InChI is InChI=1S/C10H8N6O2S/c1-4-5-7(17)11-2-12-9(5)19-6(4)8(18)15-10-13-3-14-16-10/h2-3H,1H3,(H,11,12,17)(H2,13,14,15,16,18). The highest BCUT2D eigenvalue weighted by Crippen LogP contribution is 2.26. The third-order valence-corrected chi connectivity index (χ3v) is 3.78. The molecule has 0 aliphatic heterocycles. The number of nitrogens with zero attached hydrogens (tertiary/aromatic N) is 3.